The molecule has 0 fully saturated rings. The minimum Gasteiger partial charge on any atom is -0.384 e. The van der Waals surface area contributed by atoms with Crippen LogP contribution in [0.5, 0.6) is 0 Å². The van der Waals surface area contributed by atoms with Gasteiger partial charge >= 0.3 is 5.69 Å². The summed E-state index contributed by atoms with van der Waals surface area (Å²) in [7, 11) is 1.64. The number of rotatable bonds is 4. The summed E-state index contributed by atoms with van der Waals surface area (Å²) in [4.78, 5) is 15.8. The molecule has 0 amide bonds. The van der Waals surface area contributed by atoms with Crippen LogP contribution in [0, 0.1) is 27.4 Å². The molecular formula is C10H13N5O2. The number of hydrogen-bond acceptors (Lipinski definition) is 6. The lowest BCUT2D eigenvalue weighted by atomic mass is 10.2. The van der Waals surface area contributed by atoms with Gasteiger partial charge in [0.2, 0.25) is 5.82 Å². The SMILES string of the molecule is CC(C#N)CN(C)c1nc(N)ccc1[N+](=O)[O-]. The van der Waals surface area contributed by atoms with Gasteiger partial charge in [-0.2, -0.15) is 5.26 Å². The lowest BCUT2D eigenvalue weighted by Crippen LogP contribution is -2.25. The number of hydrogen-bond donors (Lipinski definition) is 1. The van der Waals surface area contributed by atoms with Gasteiger partial charge in [-0.3, -0.25) is 10.1 Å². The van der Waals surface area contributed by atoms with E-state index in [0.717, 1.165) is 0 Å². The average molecular weight is 235 g/mol. The highest BCUT2D eigenvalue weighted by Gasteiger charge is 2.20. The Hall–Kier alpha value is -2.36. The molecule has 1 aromatic heterocycles. The maximum absolute atomic E-state index is 10.8. The van der Waals surface area contributed by atoms with Crippen LogP contribution in [0.3, 0.4) is 0 Å². The zero-order chi connectivity index (χ0) is 13.0. The molecule has 0 saturated heterocycles. The summed E-state index contributed by atoms with van der Waals surface area (Å²) in [5, 5.41) is 19.5. The summed E-state index contributed by atoms with van der Waals surface area (Å²) >= 11 is 0. The van der Waals surface area contributed by atoms with Crippen LogP contribution in [0.25, 0.3) is 0 Å². The second-order valence-corrected chi connectivity index (χ2v) is 3.75. The Morgan fingerprint density at radius 3 is 2.88 bits per heavy atom. The predicted octanol–water partition coefficient (Wildman–Crippen LogP) is 1.17. The maximum Gasteiger partial charge on any atom is 0.311 e. The first kappa shape index (κ1) is 12.7. The van der Waals surface area contributed by atoms with Gasteiger partial charge in [-0.1, -0.05) is 0 Å². The molecule has 0 radical (unpaired) electrons. The normalized spacial score (nSPS) is 11.6. The van der Waals surface area contributed by atoms with Crippen molar-refractivity contribution in [1.82, 2.24) is 4.98 Å². The van der Waals surface area contributed by atoms with E-state index in [4.69, 9.17) is 11.0 Å². The van der Waals surface area contributed by atoms with Gasteiger partial charge in [0, 0.05) is 19.7 Å². The number of aromatic nitrogens is 1. The topological polar surface area (TPSA) is 109 Å². The van der Waals surface area contributed by atoms with Gasteiger partial charge in [0.1, 0.15) is 5.82 Å². The van der Waals surface area contributed by atoms with Gasteiger partial charge < -0.3 is 10.6 Å². The molecule has 0 saturated carbocycles. The third-order valence-electron chi connectivity index (χ3n) is 2.20. The molecule has 1 unspecified atom stereocenters. The summed E-state index contributed by atoms with van der Waals surface area (Å²) in [6.45, 7) is 2.09. The Morgan fingerprint density at radius 1 is 1.71 bits per heavy atom. The second-order valence-electron chi connectivity index (χ2n) is 3.75. The monoisotopic (exact) mass is 235 g/mol. The molecule has 1 rings (SSSR count). The Bertz CT molecular complexity index is 468. The highest BCUT2D eigenvalue weighted by atomic mass is 16.6. The molecule has 1 heterocycles. The molecule has 0 spiro atoms. The Labute approximate surface area is 98.6 Å². The molecule has 7 heteroatoms. The lowest BCUT2D eigenvalue weighted by molar-refractivity contribution is -0.384. The lowest BCUT2D eigenvalue weighted by Gasteiger charge is -2.19. The summed E-state index contributed by atoms with van der Waals surface area (Å²) < 4.78 is 0. The number of nitrogens with two attached hydrogens (primary N) is 1. The quantitative estimate of drug-likeness (QED) is 0.619. The van der Waals surface area contributed by atoms with Crippen molar-refractivity contribution < 1.29 is 4.92 Å². The van der Waals surface area contributed by atoms with Crippen molar-refractivity contribution in [3.05, 3.63) is 22.2 Å². The Balaban J connectivity index is 3.07. The maximum atomic E-state index is 10.8. The minimum absolute atomic E-state index is 0.119. The zero-order valence-corrected chi connectivity index (χ0v) is 9.62. The van der Waals surface area contributed by atoms with E-state index in [0.29, 0.717) is 6.54 Å². The van der Waals surface area contributed by atoms with Gasteiger partial charge in [-0.05, 0) is 13.0 Å². The molecule has 7 nitrogen and oxygen atoms in total. The van der Waals surface area contributed by atoms with Crippen molar-refractivity contribution in [2.75, 3.05) is 24.2 Å². The molecule has 0 aromatic carbocycles. The molecule has 0 aliphatic heterocycles. The first-order chi connectivity index (χ1) is 7.95. The van der Waals surface area contributed by atoms with Crippen LogP contribution in [-0.2, 0) is 0 Å². The van der Waals surface area contributed by atoms with Crippen LogP contribution in [0.4, 0.5) is 17.3 Å². The van der Waals surface area contributed by atoms with E-state index in [9.17, 15) is 10.1 Å². The minimum atomic E-state index is -0.519. The fourth-order valence-electron chi connectivity index (χ4n) is 1.42. The molecule has 0 aliphatic rings. The highest BCUT2D eigenvalue weighted by molar-refractivity contribution is 5.60. The fraction of sp³-hybridized carbons (Fsp3) is 0.400. The molecule has 1 atom stereocenters. The number of nitrogen functional groups attached to an aromatic ring is 1. The number of pyridine rings is 1. The summed E-state index contributed by atoms with van der Waals surface area (Å²) in [5.41, 5.74) is 5.38. The van der Waals surface area contributed by atoms with E-state index in [2.05, 4.69) is 11.1 Å². The standard InChI is InChI=1S/C10H13N5O2/c1-7(5-11)6-14(2)10-8(15(16)17)3-4-9(12)13-10/h3-4,7H,6H2,1-2H3,(H2,12,13). The first-order valence-electron chi connectivity index (χ1n) is 4.97. The molecule has 0 aliphatic carbocycles. The van der Waals surface area contributed by atoms with Crippen molar-refractivity contribution in [2.24, 2.45) is 5.92 Å². The first-order valence-corrected chi connectivity index (χ1v) is 4.97. The summed E-state index contributed by atoms with van der Waals surface area (Å²) in [6, 6.07) is 4.75. The molecule has 90 valence electrons. The third kappa shape index (κ3) is 3.04. The van der Waals surface area contributed by atoms with E-state index in [-0.39, 0.29) is 23.2 Å². The van der Waals surface area contributed by atoms with Gasteiger partial charge in [0.05, 0.1) is 16.9 Å². The number of nitro groups is 1. The Morgan fingerprint density at radius 2 is 2.35 bits per heavy atom. The summed E-state index contributed by atoms with van der Waals surface area (Å²) in [5.74, 6) is 0.141. The molecule has 1 aromatic rings. The fourth-order valence-corrected chi connectivity index (χ4v) is 1.42. The van der Waals surface area contributed by atoms with Crippen LogP contribution in [0.2, 0.25) is 0 Å². The van der Waals surface area contributed by atoms with Crippen LogP contribution in [0.1, 0.15) is 6.92 Å². The highest BCUT2D eigenvalue weighted by Crippen LogP contribution is 2.26. The number of anilines is 2. The van der Waals surface area contributed by atoms with Crippen molar-refractivity contribution in [3.63, 3.8) is 0 Å². The van der Waals surface area contributed by atoms with Gasteiger partial charge in [0.15, 0.2) is 0 Å². The molecule has 17 heavy (non-hydrogen) atoms. The molecule has 2 N–H and O–H groups in total. The number of nitriles is 1. The predicted molar refractivity (Wildman–Crippen MR) is 63.4 cm³/mol. The largest absolute Gasteiger partial charge is 0.384 e. The van der Waals surface area contributed by atoms with E-state index >= 15 is 0 Å². The van der Waals surface area contributed by atoms with Crippen molar-refractivity contribution in [2.45, 2.75) is 6.92 Å². The van der Waals surface area contributed by atoms with Crippen LogP contribution < -0.4 is 10.6 Å². The van der Waals surface area contributed by atoms with Crippen molar-refractivity contribution in [1.29, 1.82) is 5.26 Å². The third-order valence-corrected chi connectivity index (χ3v) is 2.20. The summed E-state index contributed by atoms with van der Waals surface area (Å²) in [6.07, 6.45) is 0. The van der Waals surface area contributed by atoms with E-state index in [1.165, 1.54) is 12.1 Å². The number of nitrogens with zero attached hydrogens (tertiary/aromatic N) is 4. The van der Waals surface area contributed by atoms with Gasteiger partial charge in [-0.25, -0.2) is 4.98 Å². The molecular weight excluding hydrogens is 222 g/mol. The van der Waals surface area contributed by atoms with E-state index < -0.39 is 4.92 Å². The smallest absolute Gasteiger partial charge is 0.311 e. The van der Waals surface area contributed by atoms with E-state index in [1.807, 2.05) is 0 Å². The van der Waals surface area contributed by atoms with Gasteiger partial charge in [-0.15, -0.1) is 0 Å². The van der Waals surface area contributed by atoms with E-state index in [1.54, 1.807) is 18.9 Å². The van der Waals surface area contributed by atoms with Crippen molar-refractivity contribution >= 4 is 17.3 Å². The zero-order valence-electron chi connectivity index (χ0n) is 9.62. The van der Waals surface area contributed by atoms with Crippen molar-refractivity contribution in [3.8, 4) is 6.07 Å². The second kappa shape index (κ2) is 5.12. The Kier molecular flexibility index (Phi) is 3.82. The van der Waals surface area contributed by atoms with Gasteiger partial charge in [0.25, 0.3) is 0 Å². The van der Waals surface area contributed by atoms with Crippen LogP contribution in [-0.4, -0.2) is 23.5 Å². The van der Waals surface area contributed by atoms with Crippen LogP contribution in [0.15, 0.2) is 12.1 Å². The average Bonchev–Trinajstić information content (AvgIpc) is 2.28. The van der Waals surface area contributed by atoms with Crippen LogP contribution >= 0.6 is 0 Å². The molecule has 0 bridgehead atoms.